The quantitative estimate of drug-likeness (QED) is 0.780. The number of benzene rings is 2. The van der Waals surface area contributed by atoms with Gasteiger partial charge in [0.05, 0.1) is 17.3 Å². The minimum absolute atomic E-state index is 0.102. The summed E-state index contributed by atoms with van der Waals surface area (Å²) >= 11 is 5.88. The molecule has 0 aliphatic carbocycles. The van der Waals surface area contributed by atoms with E-state index in [0.717, 1.165) is 5.56 Å². The van der Waals surface area contributed by atoms with E-state index in [1.807, 2.05) is 6.07 Å². The zero-order valence-corrected chi connectivity index (χ0v) is 13.0. The summed E-state index contributed by atoms with van der Waals surface area (Å²) in [5.74, 6) is -0.855. The highest BCUT2D eigenvalue weighted by atomic mass is 35.5. The van der Waals surface area contributed by atoms with Gasteiger partial charge in [0.15, 0.2) is 11.5 Å². The predicted molar refractivity (Wildman–Crippen MR) is 89.6 cm³/mol. The van der Waals surface area contributed by atoms with Gasteiger partial charge in [0.1, 0.15) is 0 Å². The third-order valence-corrected chi connectivity index (χ3v) is 3.61. The summed E-state index contributed by atoms with van der Waals surface area (Å²) in [6.07, 6.45) is 0. The predicted octanol–water partition coefficient (Wildman–Crippen LogP) is 4.03. The van der Waals surface area contributed by atoms with E-state index in [1.54, 1.807) is 48.5 Å². The van der Waals surface area contributed by atoms with Crippen molar-refractivity contribution in [3.8, 4) is 28.7 Å². The minimum atomic E-state index is -1.14. The summed E-state index contributed by atoms with van der Waals surface area (Å²) in [5.41, 5.74) is 2.25. The molecule has 3 aromatic rings. The molecule has 0 bridgehead atoms. The smallest absolute Gasteiger partial charge is 0.354 e. The molecule has 6 heteroatoms. The van der Waals surface area contributed by atoms with Gasteiger partial charge in [-0.25, -0.2) is 14.8 Å². The van der Waals surface area contributed by atoms with Crippen molar-refractivity contribution in [3.05, 3.63) is 70.9 Å². The Morgan fingerprint density at radius 1 is 1.00 bits per heavy atom. The molecule has 24 heavy (non-hydrogen) atoms. The van der Waals surface area contributed by atoms with E-state index in [2.05, 4.69) is 9.97 Å². The normalized spacial score (nSPS) is 10.2. The van der Waals surface area contributed by atoms with Crippen LogP contribution in [-0.2, 0) is 0 Å². The maximum absolute atomic E-state index is 11.4. The average molecular weight is 336 g/mol. The molecule has 0 aliphatic heterocycles. The van der Waals surface area contributed by atoms with Crippen LogP contribution in [-0.4, -0.2) is 21.0 Å². The molecule has 0 radical (unpaired) electrons. The SMILES string of the molecule is N#Cc1ccc(-c2nc(C(=O)O)cc(-c3ccc(Cl)cc3)n2)cc1. The first-order valence-corrected chi connectivity index (χ1v) is 7.33. The van der Waals surface area contributed by atoms with Crippen molar-refractivity contribution < 1.29 is 9.90 Å². The van der Waals surface area contributed by atoms with Crippen LogP contribution in [0.25, 0.3) is 22.6 Å². The van der Waals surface area contributed by atoms with Crippen molar-refractivity contribution in [2.24, 2.45) is 0 Å². The second kappa shape index (κ2) is 6.49. The van der Waals surface area contributed by atoms with E-state index in [1.165, 1.54) is 6.07 Å². The Morgan fingerprint density at radius 3 is 2.21 bits per heavy atom. The molecule has 0 amide bonds. The molecule has 0 unspecified atom stereocenters. The van der Waals surface area contributed by atoms with Crippen LogP contribution in [0.5, 0.6) is 0 Å². The molecular formula is C18H10ClN3O2. The van der Waals surface area contributed by atoms with Gasteiger partial charge in [0.2, 0.25) is 0 Å². The number of nitrogens with zero attached hydrogens (tertiary/aromatic N) is 3. The maximum Gasteiger partial charge on any atom is 0.354 e. The van der Waals surface area contributed by atoms with Gasteiger partial charge < -0.3 is 5.11 Å². The summed E-state index contributed by atoms with van der Waals surface area (Å²) < 4.78 is 0. The first kappa shape index (κ1) is 15.7. The average Bonchev–Trinajstić information content (AvgIpc) is 2.62. The van der Waals surface area contributed by atoms with Crippen molar-refractivity contribution >= 4 is 17.6 Å². The highest BCUT2D eigenvalue weighted by molar-refractivity contribution is 6.30. The van der Waals surface area contributed by atoms with E-state index >= 15 is 0 Å². The number of hydrogen-bond donors (Lipinski definition) is 1. The van der Waals surface area contributed by atoms with Gasteiger partial charge in [-0.2, -0.15) is 5.26 Å². The van der Waals surface area contributed by atoms with E-state index < -0.39 is 5.97 Å². The summed E-state index contributed by atoms with van der Waals surface area (Å²) in [7, 11) is 0. The maximum atomic E-state index is 11.4. The molecule has 0 spiro atoms. The number of aromatic carboxylic acids is 1. The third kappa shape index (κ3) is 3.24. The molecule has 0 saturated heterocycles. The van der Waals surface area contributed by atoms with Crippen molar-refractivity contribution in [1.82, 2.24) is 9.97 Å². The number of aromatic nitrogens is 2. The first-order chi connectivity index (χ1) is 11.6. The van der Waals surface area contributed by atoms with Gasteiger partial charge in [0, 0.05) is 16.1 Å². The van der Waals surface area contributed by atoms with E-state index in [0.29, 0.717) is 21.8 Å². The van der Waals surface area contributed by atoms with E-state index in [9.17, 15) is 9.90 Å². The van der Waals surface area contributed by atoms with Gasteiger partial charge in [-0.3, -0.25) is 0 Å². The molecule has 3 rings (SSSR count). The molecule has 0 fully saturated rings. The van der Waals surface area contributed by atoms with Crippen LogP contribution in [0.2, 0.25) is 5.02 Å². The molecule has 1 aromatic heterocycles. The lowest BCUT2D eigenvalue weighted by molar-refractivity contribution is 0.0690. The van der Waals surface area contributed by atoms with Crippen LogP contribution < -0.4 is 0 Å². The molecule has 0 aliphatic rings. The summed E-state index contributed by atoms with van der Waals surface area (Å²) in [4.78, 5) is 19.9. The van der Waals surface area contributed by atoms with E-state index in [-0.39, 0.29) is 11.5 Å². The number of nitriles is 1. The third-order valence-electron chi connectivity index (χ3n) is 3.36. The van der Waals surface area contributed by atoms with Gasteiger partial charge in [-0.1, -0.05) is 23.7 Å². The molecule has 2 aromatic carbocycles. The molecule has 0 saturated carbocycles. The Balaban J connectivity index is 2.13. The Hall–Kier alpha value is -3.23. The molecular weight excluding hydrogens is 326 g/mol. The number of carbonyl (C=O) groups is 1. The zero-order chi connectivity index (χ0) is 17.1. The van der Waals surface area contributed by atoms with Crippen molar-refractivity contribution in [2.75, 3.05) is 0 Å². The summed E-state index contributed by atoms with van der Waals surface area (Å²) in [6, 6.07) is 17.0. The topological polar surface area (TPSA) is 86.9 Å². The van der Waals surface area contributed by atoms with Gasteiger partial charge in [-0.05, 0) is 42.5 Å². The molecule has 5 nitrogen and oxygen atoms in total. The van der Waals surface area contributed by atoms with Crippen molar-refractivity contribution in [2.45, 2.75) is 0 Å². The largest absolute Gasteiger partial charge is 0.477 e. The standard InChI is InChI=1S/C18H10ClN3O2/c19-14-7-5-12(6-8-14)15-9-16(18(23)24)22-17(21-15)13-3-1-11(10-20)2-4-13/h1-9H,(H,23,24). The van der Waals surface area contributed by atoms with Crippen LogP contribution >= 0.6 is 11.6 Å². The Kier molecular flexibility index (Phi) is 4.23. The van der Waals surface area contributed by atoms with Crippen LogP contribution in [0.3, 0.4) is 0 Å². The molecule has 116 valence electrons. The van der Waals surface area contributed by atoms with Gasteiger partial charge in [0.25, 0.3) is 0 Å². The van der Waals surface area contributed by atoms with Crippen LogP contribution in [0.15, 0.2) is 54.6 Å². The van der Waals surface area contributed by atoms with Crippen molar-refractivity contribution in [1.29, 1.82) is 5.26 Å². The minimum Gasteiger partial charge on any atom is -0.477 e. The highest BCUT2D eigenvalue weighted by Gasteiger charge is 2.13. The summed E-state index contributed by atoms with van der Waals surface area (Å²) in [5, 5.41) is 18.7. The second-order valence-electron chi connectivity index (χ2n) is 4.96. The second-order valence-corrected chi connectivity index (χ2v) is 5.40. The van der Waals surface area contributed by atoms with Crippen LogP contribution in [0.1, 0.15) is 16.1 Å². The van der Waals surface area contributed by atoms with Gasteiger partial charge in [-0.15, -0.1) is 0 Å². The fourth-order valence-corrected chi connectivity index (χ4v) is 2.27. The molecule has 1 N–H and O–H groups in total. The Labute approximate surface area is 142 Å². The zero-order valence-electron chi connectivity index (χ0n) is 12.3. The molecule has 1 heterocycles. The highest BCUT2D eigenvalue weighted by Crippen LogP contribution is 2.24. The lowest BCUT2D eigenvalue weighted by atomic mass is 10.1. The number of carboxylic acids is 1. The van der Waals surface area contributed by atoms with E-state index in [4.69, 9.17) is 16.9 Å². The van der Waals surface area contributed by atoms with Crippen LogP contribution in [0, 0.1) is 11.3 Å². The Bertz CT molecular complexity index is 945. The first-order valence-electron chi connectivity index (χ1n) is 6.95. The van der Waals surface area contributed by atoms with Gasteiger partial charge >= 0.3 is 5.97 Å². The fourth-order valence-electron chi connectivity index (χ4n) is 2.15. The number of carboxylic acid groups (broad SMARTS) is 1. The lowest BCUT2D eigenvalue weighted by Crippen LogP contribution is -2.04. The number of rotatable bonds is 3. The fraction of sp³-hybridized carbons (Fsp3) is 0. The van der Waals surface area contributed by atoms with Crippen molar-refractivity contribution in [3.63, 3.8) is 0 Å². The number of halogens is 1. The monoisotopic (exact) mass is 335 g/mol. The summed E-state index contributed by atoms with van der Waals surface area (Å²) in [6.45, 7) is 0. The number of hydrogen-bond acceptors (Lipinski definition) is 4. The Morgan fingerprint density at radius 2 is 1.62 bits per heavy atom. The lowest BCUT2D eigenvalue weighted by Gasteiger charge is -2.07. The van der Waals surface area contributed by atoms with Crippen LogP contribution in [0.4, 0.5) is 0 Å². The molecule has 0 atom stereocenters.